The molecule has 0 aliphatic heterocycles. The average Bonchev–Trinajstić information content (AvgIpc) is 2.65. The molecule has 1 aromatic rings. The fourth-order valence-electron chi connectivity index (χ4n) is 1.25. The number of aliphatic imine (C=N–C) groups is 2. The van der Waals surface area contributed by atoms with Crippen molar-refractivity contribution in [3.63, 3.8) is 0 Å². The number of nitrogens with zero attached hydrogens (tertiary/aromatic N) is 2. The number of hydrogen-bond acceptors (Lipinski definition) is 9. The SMILES string of the molecule is C=CC(=O)OCCO.COCCO.Cc1c(N=C=O)cccc1N=C=O. The summed E-state index contributed by atoms with van der Waals surface area (Å²) in [5.74, 6) is -0.501. The van der Waals surface area contributed by atoms with Crippen molar-refractivity contribution in [2.45, 2.75) is 6.92 Å². The van der Waals surface area contributed by atoms with E-state index in [1.54, 1.807) is 32.2 Å². The predicted molar refractivity (Wildman–Crippen MR) is 93.9 cm³/mol. The van der Waals surface area contributed by atoms with Crippen LogP contribution in [0.5, 0.6) is 0 Å². The van der Waals surface area contributed by atoms with Gasteiger partial charge in [0.25, 0.3) is 0 Å². The summed E-state index contributed by atoms with van der Waals surface area (Å²) >= 11 is 0. The van der Waals surface area contributed by atoms with Gasteiger partial charge in [-0.15, -0.1) is 0 Å². The lowest BCUT2D eigenvalue weighted by Gasteiger charge is -1.99. The third-order valence-corrected chi connectivity index (χ3v) is 2.41. The number of isocyanates is 2. The Morgan fingerprint density at radius 1 is 1.15 bits per heavy atom. The van der Waals surface area contributed by atoms with Crippen LogP contribution in [0.15, 0.2) is 40.8 Å². The molecule has 0 unspecified atom stereocenters. The van der Waals surface area contributed by atoms with Gasteiger partial charge in [-0.05, 0) is 19.1 Å². The topological polar surface area (TPSA) is 135 Å². The summed E-state index contributed by atoms with van der Waals surface area (Å²) < 4.78 is 8.77. The molecule has 1 aromatic carbocycles. The van der Waals surface area contributed by atoms with Gasteiger partial charge in [-0.1, -0.05) is 12.6 Å². The second kappa shape index (κ2) is 18.4. The molecule has 9 heteroatoms. The minimum absolute atomic E-state index is 0.0465. The molecule has 2 N–H and O–H groups in total. The number of hydrogen-bond donors (Lipinski definition) is 2. The van der Waals surface area contributed by atoms with E-state index in [0.29, 0.717) is 23.5 Å². The average molecular weight is 366 g/mol. The normalized spacial score (nSPS) is 8.31. The summed E-state index contributed by atoms with van der Waals surface area (Å²) in [6.07, 6.45) is 3.91. The highest BCUT2D eigenvalue weighted by Crippen LogP contribution is 2.26. The summed E-state index contributed by atoms with van der Waals surface area (Å²) in [5.41, 5.74) is 1.59. The molecule has 0 spiro atoms. The summed E-state index contributed by atoms with van der Waals surface area (Å²) in [4.78, 5) is 37.0. The van der Waals surface area contributed by atoms with E-state index >= 15 is 0 Å². The highest BCUT2D eigenvalue weighted by molar-refractivity contribution is 5.81. The molecular formula is C17H22N2O7. The Morgan fingerprint density at radius 3 is 1.96 bits per heavy atom. The zero-order valence-electron chi connectivity index (χ0n) is 14.7. The lowest BCUT2D eigenvalue weighted by molar-refractivity contribution is -0.138. The number of aliphatic hydroxyl groups excluding tert-OH is 2. The molecule has 142 valence electrons. The van der Waals surface area contributed by atoms with Crippen molar-refractivity contribution in [3.05, 3.63) is 36.4 Å². The number of ether oxygens (including phenoxy) is 2. The number of carbonyl (C=O) groups is 1. The van der Waals surface area contributed by atoms with Crippen LogP contribution in [-0.2, 0) is 23.9 Å². The maximum Gasteiger partial charge on any atom is 0.330 e. The zero-order chi connectivity index (χ0) is 20.2. The second-order valence-electron chi connectivity index (χ2n) is 4.14. The van der Waals surface area contributed by atoms with Crippen LogP contribution >= 0.6 is 0 Å². The minimum Gasteiger partial charge on any atom is -0.460 e. The van der Waals surface area contributed by atoms with E-state index in [2.05, 4.69) is 26.0 Å². The van der Waals surface area contributed by atoms with Gasteiger partial charge in [-0.25, -0.2) is 14.4 Å². The van der Waals surface area contributed by atoms with Crippen LogP contribution in [0.4, 0.5) is 11.4 Å². The Kier molecular flexibility index (Phi) is 17.9. The minimum atomic E-state index is -0.501. The van der Waals surface area contributed by atoms with Crippen LogP contribution in [-0.4, -0.2) is 61.9 Å². The highest BCUT2D eigenvalue weighted by Gasteiger charge is 2.00. The quantitative estimate of drug-likeness (QED) is 0.321. The van der Waals surface area contributed by atoms with E-state index in [-0.39, 0.29) is 19.8 Å². The molecule has 0 aliphatic carbocycles. The van der Waals surface area contributed by atoms with Gasteiger partial charge in [0.2, 0.25) is 12.2 Å². The lowest BCUT2D eigenvalue weighted by atomic mass is 10.1. The first-order valence-electron chi connectivity index (χ1n) is 7.27. The number of benzene rings is 1. The molecule has 0 saturated heterocycles. The van der Waals surface area contributed by atoms with Crippen LogP contribution in [0.1, 0.15) is 5.56 Å². The molecule has 0 amide bonds. The van der Waals surface area contributed by atoms with Crippen molar-refractivity contribution >= 4 is 29.5 Å². The summed E-state index contributed by atoms with van der Waals surface area (Å²) in [6, 6.07) is 4.94. The maximum atomic E-state index is 10.1. The van der Waals surface area contributed by atoms with Gasteiger partial charge in [0.05, 0.1) is 31.2 Å². The molecule has 26 heavy (non-hydrogen) atoms. The van der Waals surface area contributed by atoms with E-state index in [1.165, 1.54) is 12.2 Å². The Balaban J connectivity index is 0. The molecule has 0 radical (unpaired) electrons. The van der Waals surface area contributed by atoms with Gasteiger partial charge in [0.15, 0.2) is 0 Å². The van der Waals surface area contributed by atoms with Crippen molar-refractivity contribution in [1.82, 2.24) is 0 Å². The van der Waals surface area contributed by atoms with Crippen molar-refractivity contribution in [2.24, 2.45) is 9.98 Å². The van der Waals surface area contributed by atoms with Gasteiger partial charge >= 0.3 is 5.97 Å². The first-order chi connectivity index (χ1) is 12.5. The Labute approximate surface area is 151 Å². The third kappa shape index (κ3) is 13.5. The predicted octanol–water partition coefficient (Wildman–Crippen LogP) is 1.26. The van der Waals surface area contributed by atoms with Crippen molar-refractivity contribution in [1.29, 1.82) is 0 Å². The number of aliphatic hydroxyl groups is 2. The zero-order valence-corrected chi connectivity index (χ0v) is 14.7. The molecule has 9 nitrogen and oxygen atoms in total. The van der Waals surface area contributed by atoms with E-state index in [0.717, 1.165) is 6.08 Å². The summed E-state index contributed by atoms with van der Waals surface area (Å²) in [6.45, 7) is 5.35. The fourth-order valence-corrected chi connectivity index (χ4v) is 1.25. The first-order valence-corrected chi connectivity index (χ1v) is 7.27. The van der Waals surface area contributed by atoms with Gasteiger partial charge < -0.3 is 19.7 Å². The van der Waals surface area contributed by atoms with E-state index in [9.17, 15) is 14.4 Å². The fraction of sp³-hybridized carbons (Fsp3) is 0.353. The number of esters is 1. The lowest BCUT2D eigenvalue weighted by Crippen LogP contribution is -2.04. The van der Waals surface area contributed by atoms with Crippen LogP contribution in [0, 0.1) is 6.92 Å². The molecule has 0 saturated carbocycles. The summed E-state index contributed by atoms with van der Waals surface area (Å²) in [7, 11) is 1.55. The van der Waals surface area contributed by atoms with Gasteiger partial charge in [-0.2, -0.15) is 9.98 Å². The maximum absolute atomic E-state index is 10.1. The van der Waals surface area contributed by atoms with Gasteiger partial charge in [-0.3, -0.25) is 0 Å². The molecule has 0 atom stereocenters. The standard InChI is InChI=1S/C9H6N2O2.C5H8O3.C3H8O2/c1-7-8(10-5-12)3-2-4-9(7)11-6-13;1-2-5(7)8-4-3-6;1-5-3-2-4/h2-4H,1H3;2,6H,1,3-4H2;4H,2-3H2,1H3. The van der Waals surface area contributed by atoms with Crippen molar-refractivity contribution in [3.8, 4) is 0 Å². The highest BCUT2D eigenvalue weighted by atomic mass is 16.5. The van der Waals surface area contributed by atoms with Crippen LogP contribution in [0.3, 0.4) is 0 Å². The number of rotatable bonds is 7. The van der Waals surface area contributed by atoms with Crippen LogP contribution < -0.4 is 0 Å². The van der Waals surface area contributed by atoms with Crippen LogP contribution in [0.25, 0.3) is 0 Å². The van der Waals surface area contributed by atoms with E-state index < -0.39 is 5.97 Å². The van der Waals surface area contributed by atoms with E-state index in [4.69, 9.17) is 10.2 Å². The number of methoxy groups -OCH3 is 1. The monoisotopic (exact) mass is 366 g/mol. The second-order valence-corrected chi connectivity index (χ2v) is 4.14. The number of carbonyl (C=O) groups excluding carboxylic acids is 3. The molecule has 0 aliphatic rings. The molecule has 0 bridgehead atoms. The van der Waals surface area contributed by atoms with Gasteiger partial charge in [0, 0.05) is 18.7 Å². The largest absolute Gasteiger partial charge is 0.460 e. The van der Waals surface area contributed by atoms with Crippen molar-refractivity contribution < 1.29 is 34.1 Å². The smallest absolute Gasteiger partial charge is 0.330 e. The molecule has 0 aromatic heterocycles. The molecule has 0 fully saturated rings. The van der Waals surface area contributed by atoms with Crippen molar-refractivity contribution in [2.75, 3.05) is 33.5 Å². The first kappa shape index (κ1) is 25.3. The molecular weight excluding hydrogens is 344 g/mol. The van der Waals surface area contributed by atoms with Crippen LogP contribution in [0.2, 0.25) is 0 Å². The Hall–Kier alpha value is -2.93. The Morgan fingerprint density at radius 2 is 1.65 bits per heavy atom. The van der Waals surface area contributed by atoms with Gasteiger partial charge in [0.1, 0.15) is 6.61 Å². The van der Waals surface area contributed by atoms with E-state index in [1.807, 2.05) is 0 Å². The molecule has 1 rings (SSSR count). The molecule has 0 heterocycles. The third-order valence-electron chi connectivity index (χ3n) is 2.41. The Bertz CT molecular complexity index is 596. The summed E-state index contributed by atoms with van der Waals surface area (Å²) in [5, 5.41) is 16.0.